The van der Waals surface area contributed by atoms with Crippen molar-refractivity contribution in [3.05, 3.63) is 89.5 Å². The predicted octanol–water partition coefficient (Wildman–Crippen LogP) is 4.69. The molecule has 252 valence electrons. The van der Waals surface area contributed by atoms with Crippen molar-refractivity contribution in [3.8, 4) is 11.4 Å². The number of phenols is 1. The van der Waals surface area contributed by atoms with Crippen LogP contribution in [-0.2, 0) is 25.7 Å². The Bertz CT molecular complexity index is 1720. The Morgan fingerprint density at radius 3 is 2.38 bits per heavy atom. The van der Waals surface area contributed by atoms with Crippen molar-refractivity contribution in [2.24, 2.45) is 0 Å². The van der Waals surface area contributed by atoms with Crippen LogP contribution in [0.5, 0.6) is 5.75 Å². The van der Waals surface area contributed by atoms with Gasteiger partial charge < -0.3 is 29.9 Å². The molecule has 0 bridgehead atoms. The summed E-state index contributed by atoms with van der Waals surface area (Å²) in [6.07, 6.45) is -5.61. The van der Waals surface area contributed by atoms with Gasteiger partial charge in [0, 0.05) is 30.0 Å². The Balaban J connectivity index is 1.16. The fourth-order valence-electron chi connectivity index (χ4n) is 5.61. The van der Waals surface area contributed by atoms with E-state index in [0.717, 1.165) is 11.1 Å². The van der Waals surface area contributed by atoms with Crippen molar-refractivity contribution in [1.29, 1.82) is 0 Å². The predicted molar refractivity (Wildman–Crippen MR) is 166 cm³/mol. The zero-order valence-corrected chi connectivity index (χ0v) is 26.1. The van der Waals surface area contributed by atoms with Crippen molar-refractivity contribution in [2.45, 2.75) is 61.7 Å². The van der Waals surface area contributed by atoms with Crippen molar-refractivity contribution in [3.63, 3.8) is 0 Å². The number of nitrogens with zero attached hydrogens (tertiary/aromatic N) is 5. The number of amides is 2. The van der Waals surface area contributed by atoms with Crippen LogP contribution in [0.15, 0.2) is 78.0 Å². The second-order valence-electron chi connectivity index (χ2n) is 11.3. The lowest BCUT2D eigenvalue weighted by atomic mass is 10.0. The number of ether oxygens (including phenoxy) is 2. The van der Waals surface area contributed by atoms with Gasteiger partial charge in [-0.3, -0.25) is 9.59 Å². The number of carbonyl (C=O) groups is 2. The summed E-state index contributed by atoms with van der Waals surface area (Å²) in [4.78, 5) is 25.2. The number of thioether (sulfide) groups is 1. The summed E-state index contributed by atoms with van der Waals surface area (Å²) in [5, 5.41) is 34.3. The molecular weight excluding hydrogens is 653 g/mol. The Kier molecular flexibility index (Phi) is 9.96. The number of anilines is 1. The number of tetrazole rings is 1. The van der Waals surface area contributed by atoms with E-state index in [1.807, 2.05) is 24.3 Å². The smallest absolute Gasteiger partial charge is 0.471 e. The van der Waals surface area contributed by atoms with Crippen molar-refractivity contribution >= 4 is 29.3 Å². The Hall–Kier alpha value is -4.51. The monoisotopic (exact) mass is 684 g/mol. The quantitative estimate of drug-likeness (QED) is 0.212. The largest absolute Gasteiger partial charge is 0.508 e. The third kappa shape index (κ3) is 7.62. The molecule has 2 aliphatic heterocycles. The SMILES string of the molecule is O=C(Nc1ccc([C@H]2O[C@@H](CSc3nnnn3-c3ccc(O)cc3)C[C@@H](c3ccc(CO)cc3)O2)cc1)[C@@H]1CCCN1C(=O)C(F)(F)F. The third-order valence-corrected chi connectivity index (χ3v) is 9.11. The van der Waals surface area contributed by atoms with Crippen LogP contribution in [0.25, 0.3) is 5.69 Å². The van der Waals surface area contributed by atoms with Crippen LogP contribution in [0.3, 0.4) is 0 Å². The van der Waals surface area contributed by atoms with Crippen LogP contribution in [0.2, 0.25) is 0 Å². The molecule has 2 saturated heterocycles. The first-order valence-electron chi connectivity index (χ1n) is 15.1. The lowest BCUT2D eigenvalue weighted by Crippen LogP contribution is -2.48. The van der Waals surface area contributed by atoms with Gasteiger partial charge in [-0.25, -0.2) is 0 Å². The maximum absolute atomic E-state index is 13.0. The van der Waals surface area contributed by atoms with Gasteiger partial charge in [-0.05, 0) is 70.8 Å². The molecule has 1 aromatic heterocycles. The molecule has 4 atom stereocenters. The molecule has 0 aliphatic carbocycles. The number of aromatic nitrogens is 4. The van der Waals surface area contributed by atoms with Gasteiger partial charge in [0.25, 0.3) is 0 Å². The first-order chi connectivity index (χ1) is 23.1. The van der Waals surface area contributed by atoms with Crippen molar-refractivity contribution in [1.82, 2.24) is 25.1 Å². The average molecular weight is 685 g/mol. The number of hydrogen-bond donors (Lipinski definition) is 3. The number of phenolic OH excluding ortho intramolecular Hbond substituents is 1. The summed E-state index contributed by atoms with van der Waals surface area (Å²) in [5.74, 6) is -2.13. The highest BCUT2D eigenvalue weighted by Crippen LogP contribution is 2.40. The number of hydrogen-bond acceptors (Lipinski definition) is 10. The topological polar surface area (TPSA) is 152 Å². The van der Waals surface area contributed by atoms with Crippen molar-refractivity contribution in [2.75, 3.05) is 17.6 Å². The highest BCUT2D eigenvalue weighted by molar-refractivity contribution is 7.99. The molecule has 3 N–H and O–H groups in total. The molecule has 6 rings (SSSR count). The summed E-state index contributed by atoms with van der Waals surface area (Å²) in [7, 11) is 0. The standard InChI is InChI=1S/C32H31F3N6O6S/c33-32(34,35)30(45)40-15-1-2-26(40)28(44)36-22-9-7-21(8-10-22)29-46-25(16-27(47-29)20-5-3-19(17-42)4-6-20)18-48-31-37-38-39-41(31)23-11-13-24(43)14-12-23/h3-14,25-27,29,42-43H,1-2,15-18H2,(H,36,44)/t25-,26+,27+,29+/m1/s1. The number of benzene rings is 3. The zero-order chi connectivity index (χ0) is 33.8. The fraction of sp³-hybridized carbons (Fsp3) is 0.344. The summed E-state index contributed by atoms with van der Waals surface area (Å²) in [6, 6.07) is 19.3. The fourth-order valence-corrected chi connectivity index (χ4v) is 6.52. The van der Waals surface area contributed by atoms with E-state index in [0.29, 0.717) is 45.6 Å². The number of alkyl halides is 3. The van der Waals surface area contributed by atoms with Crippen LogP contribution in [-0.4, -0.2) is 77.8 Å². The van der Waals surface area contributed by atoms with Gasteiger partial charge in [-0.15, -0.1) is 5.10 Å². The van der Waals surface area contributed by atoms with Gasteiger partial charge >= 0.3 is 12.1 Å². The Labute approximate surface area is 276 Å². The molecule has 48 heavy (non-hydrogen) atoms. The van der Waals surface area contributed by atoms with Crippen molar-refractivity contribution < 1.29 is 42.4 Å². The molecule has 2 amide bonds. The Morgan fingerprint density at radius 1 is 0.979 bits per heavy atom. The van der Waals surface area contributed by atoms with E-state index in [-0.39, 0.29) is 37.5 Å². The summed E-state index contributed by atoms with van der Waals surface area (Å²) < 4.78 is 53.4. The number of carbonyl (C=O) groups excluding carboxylic acids is 2. The van der Waals surface area contributed by atoms with Crippen LogP contribution in [0.1, 0.15) is 48.3 Å². The molecule has 4 aromatic rings. The van der Waals surface area contributed by atoms with Crippen LogP contribution in [0.4, 0.5) is 18.9 Å². The zero-order valence-electron chi connectivity index (χ0n) is 25.3. The van der Waals surface area contributed by atoms with E-state index in [1.54, 1.807) is 53.2 Å². The van der Waals surface area contributed by atoms with E-state index in [9.17, 15) is 33.0 Å². The number of aliphatic hydroxyl groups is 1. The first kappa shape index (κ1) is 33.4. The van der Waals surface area contributed by atoms with Gasteiger partial charge in [0.1, 0.15) is 11.8 Å². The maximum Gasteiger partial charge on any atom is 0.471 e. The molecule has 3 aromatic carbocycles. The Morgan fingerprint density at radius 2 is 1.69 bits per heavy atom. The van der Waals surface area contributed by atoms with Gasteiger partial charge in [0.15, 0.2) is 6.29 Å². The van der Waals surface area contributed by atoms with Gasteiger partial charge in [-0.2, -0.15) is 17.9 Å². The minimum Gasteiger partial charge on any atom is -0.508 e. The van der Waals surface area contributed by atoms with Crippen LogP contribution in [0, 0.1) is 0 Å². The minimum absolute atomic E-state index is 0.0904. The number of aliphatic hydroxyl groups excluding tert-OH is 1. The van der Waals surface area contributed by atoms with Gasteiger partial charge in [-0.1, -0.05) is 48.2 Å². The second kappa shape index (κ2) is 14.3. The minimum atomic E-state index is -5.05. The molecule has 2 aliphatic rings. The molecule has 0 saturated carbocycles. The van der Waals surface area contributed by atoms with E-state index in [1.165, 1.54) is 11.8 Å². The summed E-state index contributed by atoms with van der Waals surface area (Å²) in [5.41, 5.74) is 3.31. The molecule has 0 spiro atoms. The van der Waals surface area contributed by atoms with Gasteiger partial charge in [0.05, 0.1) is 24.5 Å². The number of rotatable bonds is 9. The maximum atomic E-state index is 13.0. The number of nitrogens with one attached hydrogen (secondary N) is 1. The highest BCUT2D eigenvalue weighted by Gasteiger charge is 2.47. The van der Waals surface area contributed by atoms with E-state index in [4.69, 9.17) is 9.47 Å². The molecule has 16 heteroatoms. The summed E-state index contributed by atoms with van der Waals surface area (Å²) >= 11 is 1.39. The molecule has 0 radical (unpaired) electrons. The van der Waals surface area contributed by atoms with Gasteiger partial charge in [0.2, 0.25) is 11.1 Å². The molecule has 3 heterocycles. The summed E-state index contributed by atoms with van der Waals surface area (Å²) in [6.45, 7) is -0.229. The number of halogens is 3. The van der Waals surface area contributed by atoms with Crippen LogP contribution >= 0.6 is 11.8 Å². The lowest BCUT2D eigenvalue weighted by molar-refractivity contribution is -0.245. The van der Waals surface area contributed by atoms with E-state index >= 15 is 0 Å². The number of aromatic hydroxyl groups is 1. The van der Waals surface area contributed by atoms with Crippen LogP contribution < -0.4 is 5.32 Å². The first-order valence-corrected chi connectivity index (χ1v) is 16.1. The molecule has 0 unspecified atom stereocenters. The van der Waals surface area contributed by atoms with E-state index < -0.39 is 30.3 Å². The normalized spacial score (nSPS) is 21.3. The highest BCUT2D eigenvalue weighted by atomic mass is 32.2. The third-order valence-electron chi connectivity index (χ3n) is 8.06. The second-order valence-corrected chi connectivity index (χ2v) is 12.3. The molecule has 2 fully saturated rings. The molecule has 12 nitrogen and oxygen atoms in total. The molecular formula is C32H31F3N6O6S. The number of likely N-dealkylation sites (tertiary alicyclic amines) is 1. The lowest BCUT2D eigenvalue weighted by Gasteiger charge is -2.36. The average Bonchev–Trinajstić information content (AvgIpc) is 3.78. The van der Waals surface area contributed by atoms with E-state index in [2.05, 4.69) is 20.8 Å².